The normalized spacial score (nSPS) is 10.1. The number of ketones is 1. The van der Waals surface area contributed by atoms with Crippen LogP contribution in [0, 0.1) is 0 Å². The predicted octanol–water partition coefficient (Wildman–Crippen LogP) is 1.42. The molecular weight excluding hydrogens is 182 g/mol. The Balaban J connectivity index is 2.56. The van der Waals surface area contributed by atoms with Gasteiger partial charge in [0.05, 0.1) is 5.56 Å². The highest BCUT2D eigenvalue weighted by molar-refractivity contribution is 6.26. The monoisotopic (exact) mass is 191 g/mol. The van der Waals surface area contributed by atoms with Gasteiger partial charge in [-0.3, -0.25) is 4.79 Å². The van der Waals surface area contributed by atoms with Gasteiger partial charge in [-0.25, -0.2) is 4.79 Å². The average molecular weight is 191 g/mol. The quantitative estimate of drug-likeness (QED) is 0.412. The van der Waals surface area contributed by atoms with Gasteiger partial charge in [0.25, 0.3) is 0 Å². The van der Waals surface area contributed by atoms with Crippen LogP contribution < -0.4 is 0 Å². The molecular formula is C10H9NO3. The van der Waals surface area contributed by atoms with Crippen LogP contribution in [0.2, 0.25) is 0 Å². The third kappa shape index (κ3) is 3.18. The number of benzene rings is 1. The molecule has 0 saturated heterocycles. The molecule has 0 amide bonds. The Hall–Kier alpha value is -1.97. The molecule has 0 aliphatic heterocycles. The fraction of sp³-hybridized carbons (Fsp3) is 0.100. The zero-order chi connectivity index (χ0) is 10.4. The Morgan fingerprint density at radius 1 is 1.29 bits per heavy atom. The second-order valence-electron chi connectivity index (χ2n) is 2.59. The third-order valence-corrected chi connectivity index (χ3v) is 1.38. The van der Waals surface area contributed by atoms with Crippen LogP contribution in [-0.4, -0.2) is 18.0 Å². The van der Waals surface area contributed by atoms with Gasteiger partial charge in [0, 0.05) is 6.92 Å². The van der Waals surface area contributed by atoms with Crippen molar-refractivity contribution in [1.29, 1.82) is 0 Å². The van der Waals surface area contributed by atoms with Crippen molar-refractivity contribution in [3.05, 3.63) is 35.9 Å². The van der Waals surface area contributed by atoms with E-state index in [1.54, 1.807) is 30.3 Å². The van der Waals surface area contributed by atoms with Gasteiger partial charge in [0.1, 0.15) is 6.21 Å². The summed E-state index contributed by atoms with van der Waals surface area (Å²) in [5.41, 5.74) is 0.396. The van der Waals surface area contributed by atoms with Crippen LogP contribution in [0.25, 0.3) is 0 Å². The molecule has 4 heteroatoms. The largest absolute Gasteiger partial charge is 0.365 e. The maximum absolute atomic E-state index is 11.2. The molecule has 0 fully saturated rings. The molecule has 1 aromatic carbocycles. The molecule has 1 rings (SSSR count). The van der Waals surface area contributed by atoms with Gasteiger partial charge in [-0.2, -0.15) is 0 Å². The molecule has 0 aromatic heterocycles. The van der Waals surface area contributed by atoms with Gasteiger partial charge < -0.3 is 4.84 Å². The van der Waals surface area contributed by atoms with E-state index in [0.29, 0.717) is 5.56 Å². The molecule has 0 spiro atoms. The average Bonchev–Trinajstić information content (AvgIpc) is 2.18. The molecule has 14 heavy (non-hydrogen) atoms. The summed E-state index contributed by atoms with van der Waals surface area (Å²) in [6, 6.07) is 8.42. The lowest BCUT2D eigenvalue weighted by atomic mass is 10.2. The number of hydrogen-bond acceptors (Lipinski definition) is 4. The van der Waals surface area contributed by atoms with E-state index in [2.05, 4.69) is 9.99 Å². The first kappa shape index (κ1) is 10.1. The highest BCUT2D eigenvalue weighted by Gasteiger charge is 2.04. The zero-order valence-electron chi connectivity index (χ0n) is 7.64. The van der Waals surface area contributed by atoms with Crippen LogP contribution in [0.4, 0.5) is 0 Å². The van der Waals surface area contributed by atoms with Crippen molar-refractivity contribution in [2.75, 3.05) is 0 Å². The van der Waals surface area contributed by atoms with Crippen LogP contribution in [0.15, 0.2) is 35.5 Å². The number of carbonyl (C=O) groups excluding carboxylic acids is 2. The minimum Gasteiger partial charge on any atom is -0.313 e. The summed E-state index contributed by atoms with van der Waals surface area (Å²) in [5.74, 6) is -0.853. The minimum atomic E-state index is -0.580. The van der Waals surface area contributed by atoms with E-state index in [0.717, 1.165) is 6.21 Å². The van der Waals surface area contributed by atoms with Crippen LogP contribution in [0.1, 0.15) is 17.3 Å². The summed E-state index contributed by atoms with van der Waals surface area (Å²) in [5, 5.41) is 3.22. The summed E-state index contributed by atoms with van der Waals surface area (Å²) in [7, 11) is 0. The molecule has 0 bridgehead atoms. The van der Waals surface area contributed by atoms with Crippen LogP contribution >= 0.6 is 0 Å². The lowest BCUT2D eigenvalue weighted by Crippen LogP contribution is -2.01. The third-order valence-electron chi connectivity index (χ3n) is 1.38. The molecule has 72 valence electrons. The molecule has 0 radical (unpaired) electrons. The second-order valence-corrected chi connectivity index (χ2v) is 2.59. The molecule has 0 N–H and O–H groups in total. The number of carbonyl (C=O) groups is 2. The van der Waals surface area contributed by atoms with E-state index < -0.39 is 5.97 Å². The molecule has 1 aromatic rings. The predicted molar refractivity (Wildman–Crippen MR) is 51.0 cm³/mol. The second kappa shape index (κ2) is 4.91. The zero-order valence-corrected chi connectivity index (χ0v) is 7.64. The highest BCUT2D eigenvalue weighted by atomic mass is 16.7. The van der Waals surface area contributed by atoms with Gasteiger partial charge in [-0.1, -0.05) is 23.4 Å². The molecule has 0 saturated carbocycles. The van der Waals surface area contributed by atoms with Crippen molar-refractivity contribution in [3.8, 4) is 0 Å². The SMILES string of the molecule is CC(=O)/C=N\OC(=O)c1ccccc1. The first-order valence-corrected chi connectivity index (χ1v) is 4.00. The Bertz CT molecular complexity index is 357. The Morgan fingerprint density at radius 2 is 1.93 bits per heavy atom. The van der Waals surface area contributed by atoms with E-state index in [1.165, 1.54) is 6.92 Å². The van der Waals surface area contributed by atoms with Crippen molar-refractivity contribution in [1.82, 2.24) is 0 Å². The van der Waals surface area contributed by atoms with E-state index in [-0.39, 0.29) is 5.78 Å². The molecule has 0 heterocycles. The molecule has 0 unspecified atom stereocenters. The number of nitrogens with zero attached hydrogens (tertiary/aromatic N) is 1. The standard InChI is InChI=1S/C10H9NO3/c1-8(12)7-11-14-10(13)9-5-3-2-4-6-9/h2-7H,1H3/b11-7-. The van der Waals surface area contributed by atoms with E-state index in [1.807, 2.05) is 0 Å². The van der Waals surface area contributed by atoms with Gasteiger partial charge in [0.2, 0.25) is 0 Å². The molecule has 4 nitrogen and oxygen atoms in total. The van der Waals surface area contributed by atoms with Crippen LogP contribution in [-0.2, 0) is 9.63 Å². The summed E-state index contributed by atoms with van der Waals surface area (Å²) in [4.78, 5) is 26.0. The van der Waals surface area contributed by atoms with E-state index in [9.17, 15) is 9.59 Å². The summed E-state index contributed by atoms with van der Waals surface area (Å²) < 4.78 is 0. The van der Waals surface area contributed by atoms with Crippen molar-refractivity contribution in [3.63, 3.8) is 0 Å². The highest BCUT2D eigenvalue weighted by Crippen LogP contribution is 2.00. The van der Waals surface area contributed by atoms with Crippen molar-refractivity contribution in [2.24, 2.45) is 5.16 Å². The van der Waals surface area contributed by atoms with Crippen LogP contribution in [0.3, 0.4) is 0 Å². The van der Waals surface area contributed by atoms with Gasteiger partial charge in [-0.05, 0) is 12.1 Å². The molecule has 0 aliphatic carbocycles. The Kier molecular flexibility index (Phi) is 3.55. The first-order chi connectivity index (χ1) is 6.70. The van der Waals surface area contributed by atoms with Gasteiger partial charge in [-0.15, -0.1) is 0 Å². The van der Waals surface area contributed by atoms with Crippen LogP contribution in [0.5, 0.6) is 0 Å². The molecule has 0 aliphatic rings. The summed E-state index contributed by atoms with van der Waals surface area (Å²) in [6.07, 6.45) is 0.945. The number of hydrogen-bond donors (Lipinski definition) is 0. The van der Waals surface area contributed by atoms with Crippen molar-refractivity contribution < 1.29 is 14.4 Å². The lowest BCUT2D eigenvalue weighted by molar-refractivity contribution is -0.110. The summed E-state index contributed by atoms with van der Waals surface area (Å²) >= 11 is 0. The van der Waals surface area contributed by atoms with E-state index >= 15 is 0 Å². The van der Waals surface area contributed by atoms with Crippen molar-refractivity contribution >= 4 is 18.0 Å². The van der Waals surface area contributed by atoms with Gasteiger partial charge >= 0.3 is 5.97 Å². The number of oxime groups is 1. The first-order valence-electron chi connectivity index (χ1n) is 4.00. The maximum Gasteiger partial charge on any atom is 0.365 e. The van der Waals surface area contributed by atoms with Gasteiger partial charge in [0.15, 0.2) is 5.78 Å². The fourth-order valence-corrected chi connectivity index (χ4v) is 0.775. The number of rotatable bonds is 3. The topological polar surface area (TPSA) is 55.7 Å². The number of Topliss-reactive ketones (excluding diaryl/α,β-unsaturated/α-hetero) is 1. The Labute approximate surface area is 81.2 Å². The molecule has 0 atom stereocenters. The van der Waals surface area contributed by atoms with Crippen molar-refractivity contribution in [2.45, 2.75) is 6.92 Å². The smallest absolute Gasteiger partial charge is 0.313 e. The fourth-order valence-electron chi connectivity index (χ4n) is 0.775. The van der Waals surface area contributed by atoms with E-state index in [4.69, 9.17) is 0 Å². The summed E-state index contributed by atoms with van der Waals surface area (Å²) in [6.45, 7) is 1.32. The maximum atomic E-state index is 11.2. The minimum absolute atomic E-state index is 0.272. The Morgan fingerprint density at radius 3 is 2.50 bits per heavy atom. The lowest BCUT2D eigenvalue weighted by Gasteiger charge is -1.95.